The molecule has 0 heterocycles. The maximum absolute atomic E-state index is 3.49. The van der Waals surface area contributed by atoms with Crippen LogP contribution in [0.25, 0.3) is 33.0 Å². The smallest absolute Gasteiger partial charge is 0.0544 e. The number of hydrogen-bond donors (Lipinski definition) is 0. The summed E-state index contributed by atoms with van der Waals surface area (Å²) >= 11 is -3.49. The molecule has 0 aliphatic heterocycles. The summed E-state index contributed by atoms with van der Waals surface area (Å²) in [6.07, 6.45) is 0. The van der Waals surface area contributed by atoms with E-state index < -0.39 is 13.3 Å². The minimum absolute atomic E-state index is 1.11. The van der Waals surface area contributed by atoms with Crippen LogP contribution in [0.1, 0.15) is 0 Å². The second-order valence-corrected chi connectivity index (χ2v) is 21.6. The summed E-state index contributed by atoms with van der Waals surface area (Å²) in [4.78, 5) is 2.35. The number of hydrogen-bond acceptors (Lipinski definition) is 1. The van der Waals surface area contributed by atoms with Crippen LogP contribution in [0.15, 0.2) is 237 Å². The maximum atomic E-state index is 2.45. The Morgan fingerprint density at radius 1 is 0.278 bits per heavy atom. The topological polar surface area (TPSA) is 3.24 Å². The Hall–Kier alpha value is -6.42. The van der Waals surface area contributed by atoms with Crippen molar-refractivity contribution in [3.05, 3.63) is 237 Å². The molecule has 0 saturated heterocycles. The molecule has 0 aliphatic rings. The number of benzene rings is 9. The molecular weight excluding hydrogens is 711 g/mol. The quantitative estimate of drug-likeness (QED) is 0.133. The molecule has 0 aliphatic carbocycles. The third kappa shape index (κ3) is 6.13. The first kappa shape index (κ1) is 33.4. The Morgan fingerprint density at radius 3 is 1.30 bits per heavy atom. The molecule has 0 amide bonds. The Bertz CT molecular complexity index is 2530. The van der Waals surface area contributed by atoms with Crippen molar-refractivity contribution in [3.63, 3.8) is 0 Å². The average molecular weight is 751 g/mol. The first-order valence-corrected chi connectivity index (χ1v) is 22.8. The number of para-hydroxylation sites is 1. The molecule has 9 rings (SSSR count). The van der Waals surface area contributed by atoms with Gasteiger partial charge < -0.3 is 0 Å². The summed E-state index contributed by atoms with van der Waals surface area (Å²) in [7, 11) is 0. The fourth-order valence-corrected chi connectivity index (χ4v) is 18.6. The van der Waals surface area contributed by atoms with Crippen molar-refractivity contribution in [2.24, 2.45) is 0 Å². The van der Waals surface area contributed by atoms with E-state index in [-0.39, 0.29) is 0 Å². The van der Waals surface area contributed by atoms with Crippen molar-refractivity contribution in [1.82, 2.24) is 0 Å². The van der Waals surface area contributed by atoms with Gasteiger partial charge in [0.2, 0.25) is 0 Å². The zero-order valence-corrected chi connectivity index (χ0v) is 32.1. The SMILES string of the molecule is c1ccc(-c2cccc(N(c3ccccc3)c3ccc(-c4cc[c]([Ge]([c]5ccccc5)([c]5ccccc5)[c]5ccccc5)c5ccccc45)cc3)c2)cc1. The van der Waals surface area contributed by atoms with Gasteiger partial charge in [0.05, 0.1) is 0 Å². The van der Waals surface area contributed by atoms with Crippen LogP contribution in [-0.2, 0) is 0 Å². The van der Waals surface area contributed by atoms with Crippen LogP contribution < -0.4 is 22.5 Å². The molecule has 0 unspecified atom stereocenters. The summed E-state index contributed by atoms with van der Waals surface area (Å²) in [5.41, 5.74) is 8.19. The molecule has 0 aromatic heterocycles. The van der Waals surface area contributed by atoms with E-state index in [1.165, 1.54) is 50.6 Å². The molecule has 0 atom stereocenters. The van der Waals surface area contributed by atoms with Crippen LogP contribution in [0.3, 0.4) is 0 Å². The maximum Gasteiger partial charge on any atom is -0.0544 e. The van der Waals surface area contributed by atoms with E-state index in [2.05, 4.69) is 241 Å². The Kier molecular flexibility index (Phi) is 9.23. The van der Waals surface area contributed by atoms with Crippen molar-refractivity contribution >= 4 is 58.7 Å². The van der Waals surface area contributed by atoms with Gasteiger partial charge in [0.15, 0.2) is 0 Å². The number of rotatable bonds is 9. The summed E-state index contributed by atoms with van der Waals surface area (Å²) in [6, 6.07) is 86.8. The van der Waals surface area contributed by atoms with E-state index in [4.69, 9.17) is 0 Å². The molecule has 54 heavy (non-hydrogen) atoms. The van der Waals surface area contributed by atoms with Gasteiger partial charge in [-0.25, -0.2) is 0 Å². The zero-order valence-electron chi connectivity index (χ0n) is 30.0. The van der Waals surface area contributed by atoms with E-state index in [1.807, 2.05) is 0 Å². The normalized spacial score (nSPS) is 11.3. The molecule has 256 valence electrons. The van der Waals surface area contributed by atoms with Crippen LogP contribution in [0, 0.1) is 0 Å². The average Bonchev–Trinajstić information content (AvgIpc) is 3.26. The largest absolute Gasteiger partial charge is 0.0617 e. The van der Waals surface area contributed by atoms with Crippen molar-refractivity contribution in [1.29, 1.82) is 0 Å². The molecule has 9 aromatic rings. The minimum Gasteiger partial charge on any atom is -0.0617 e. The first-order chi connectivity index (χ1) is 26.8. The van der Waals surface area contributed by atoms with Gasteiger partial charge in [0.1, 0.15) is 0 Å². The standard InChI is InChI=1S/C52H39GeN/c1-6-19-40(20-7-1)42-21-18-30-48(39-42)54(46-28-14-5-15-29-46)47-35-33-41(34-36-47)49-37-38-52(51-32-17-16-31-50(49)51)53(43-22-8-2-9-23-43,44-24-10-3-11-25-44)45-26-12-4-13-27-45/h1-39H. The number of anilines is 3. The summed E-state index contributed by atoms with van der Waals surface area (Å²) in [5, 5.41) is 2.59. The molecule has 0 radical (unpaired) electrons. The van der Waals surface area contributed by atoms with Crippen LogP contribution in [0.2, 0.25) is 0 Å². The van der Waals surface area contributed by atoms with Crippen LogP contribution >= 0.6 is 0 Å². The minimum atomic E-state index is -3.49. The molecule has 9 aromatic carbocycles. The van der Waals surface area contributed by atoms with Crippen LogP contribution in [0.4, 0.5) is 17.1 Å². The van der Waals surface area contributed by atoms with E-state index >= 15 is 0 Å². The van der Waals surface area contributed by atoms with Crippen molar-refractivity contribution in [2.75, 3.05) is 4.90 Å². The third-order valence-electron chi connectivity index (χ3n) is 10.6. The van der Waals surface area contributed by atoms with Crippen molar-refractivity contribution < 1.29 is 0 Å². The molecule has 0 N–H and O–H groups in total. The molecule has 0 spiro atoms. The van der Waals surface area contributed by atoms with Gasteiger partial charge in [0.25, 0.3) is 0 Å². The van der Waals surface area contributed by atoms with Gasteiger partial charge in [-0.15, -0.1) is 0 Å². The molecule has 1 nitrogen and oxygen atoms in total. The fraction of sp³-hybridized carbons (Fsp3) is 0. The van der Waals surface area contributed by atoms with Gasteiger partial charge in [0, 0.05) is 0 Å². The van der Waals surface area contributed by atoms with Gasteiger partial charge in [-0.05, 0) is 5.56 Å². The van der Waals surface area contributed by atoms with Crippen molar-refractivity contribution in [3.8, 4) is 22.3 Å². The molecular formula is C52H39GeN. The monoisotopic (exact) mass is 751 g/mol. The van der Waals surface area contributed by atoms with Gasteiger partial charge in [-0.1, -0.05) is 42.5 Å². The third-order valence-corrected chi connectivity index (χ3v) is 20.8. The zero-order chi connectivity index (χ0) is 36.2. The summed E-state index contributed by atoms with van der Waals surface area (Å²) < 4.78 is 5.72. The second kappa shape index (κ2) is 14.9. The van der Waals surface area contributed by atoms with Gasteiger partial charge >= 0.3 is 274 Å². The van der Waals surface area contributed by atoms with Crippen molar-refractivity contribution in [2.45, 2.75) is 0 Å². The van der Waals surface area contributed by atoms with Crippen LogP contribution in [0.5, 0.6) is 0 Å². The molecule has 0 fully saturated rings. The number of nitrogens with zero attached hydrogens (tertiary/aromatic N) is 1. The van der Waals surface area contributed by atoms with E-state index in [1.54, 1.807) is 0 Å². The Balaban J connectivity index is 1.19. The van der Waals surface area contributed by atoms with E-state index in [0.29, 0.717) is 0 Å². The summed E-state index contributed by atoms with van der Waals surface area (Å²) in [6.45, 7) is 0. The fourth-order valence-electron chi connectivity index (χ4n) is 8.18. The molecule has 2 heteroatoms. The molecule has 0 bridgehead atoms. The van der Waals surface area contributed by atoms with E-state index in [0.717, 1.165) is 17.1 Å². The summed E-state index contributed by atoms with van der Waals surface area (Å²) in [5.74, 6) is 0. The predicted molar refractivity (Wildman–Crippen MR) is 233 cm³/mol. The number of fused-ring (bicyclic) bond motifs is 1. The predicted octanol–water partition coefficient (Wildman–Crippen LogP) is 11.0. The van der Waals surface area contributed by atoms with Gasteiger partial charge in [-0.3, -0.25) is 0 Å². The first-order valence-electron chi connectivity index (χ1n) is 18.6. The Morgan fingerprint density at radius 2 is 0.722 bits per heavy atom. The van der Waals surface area contributed by atoms with E-state index in [9.17, 15) is 0 Å². The van der Waals surface area contributed by atoms with Gasteiger partial charge in [-0.2, -0.15) is 0 Å². The van der Waals surface area contributed by atoms with Crippen LogP contribution in [-0.4, -0.2) is 13.3 Å². The second-order valence-electron chi connectivity index (χ2n) is 13.7. The molecule has 0 saturated carbocycles. The Labute approximate surface area is 320 Å².